The van der Waals surface area contributed by atoms with Gasteiger partial charge in [-0.25, -0.2) is 9.59 Å². The lowest BCUT2D eigenvalue weighted by molar-refractivity contribution is -0.117. The van der Waals surface area contributed by atoms with Crippen molar-refractivity contribution in [1.82, 2.24) is 5.32 Å². The van der Waals surface area contributed by atoms with Gasteiger partial charge in [0.15, 0.2) is 0 Å². The second-order valence-electron chi connectivity index (χ2n) is 16.5. The molecule has 2 bridgehead atoms. The number of fused-ring (bicyclic) bond motifs is 3. The molecule has 0 saturated heterocycles. The SMILES string of the molecule is CC(=O)CCCCCC(C)CC(C)C1[C-]=C(C2=CCCC=C2)c2cc(NC(=O)OC(C)(C)C)ccc2C2=CC1C=C(NC(=O)OC(C)(C)C)C=C2. The third-order valence-electron chi connectivity index (χ3n) is 9.20. The maximum atomic E-state index is 13.0. The number of rotatable bonds is 12. The first-order valence-electron chi connectivity index (χ1n) is 18.7. The zero-order chi connectivity index (χ0) is 37.3. The molecule has 0 fully saturated rings. The number of benzene rings is 1. The molecule has 3 aliphatic carbocycles. The second-order valence-corrected chi connectivity index (χ2v) is 16.5. The molecule has 3 aliphatic rings. The Kier molecular flexibility index (Phi) is 13.5. The molecule has 7 nitrogen and oxygen atoms in total. The van der Waals surface area contributed by atoms with E-state index in [1.807, 2.05) is 65.8 Å². The molecule has 1 aromatic carbocycles. The molecule has 2 N–H and O–H groups in total. The van der Waals surface area contributed by atoms with Crippen LogP contribution >= 0.6 is 0 Å². The van der Waals surface area contributed by atoms with Crippen molar-refractivity contribution < 1.29 is 23.9 Å². The number of ketones is 1. The van der Waals surface area contributed by atoms with Gasteiger partial charge in [0.2, 0.25) is 0 Å². The smallest absolute Gasteiger partial charge is 0.412 e. The highest BCUT2D eigenvalue weighted by Crippen LogP contribution is 2.43. The molecule has 0 aromatic heterocycles. The maximum Gasteiger partial charge on any atom is 0.412 e. The predicted molar refractivity (Wildman–Crippen MR) is 208 cm³/mol. The van der Waals surface area contributed by atoms with Crippen LogP contribution in [0, 0.1) is 29.7 Å². The molecule has 1 aromatic rings. The van der Waals surface area contributed by atoms with Crippen LogP contribution < -0.4 is 10.6 Å². The topological polar surface area (TPSA) is 93.7 Å². The zero-order valence-corrected chi connectivity index (χ0v) is 32.3. The Morgan fingerprint density at radius 3 is 2.20 bits per heavy atom. The summed E-state index contributed by atoms with van der Waals surface area (Å²) in [5, 5.41) is 5.95. The summed E-state index contributed by atoms with van der Waals surface area (Å²) in [7, 11) is 0. The monoisotopic (exact) mass is 695 g/mol. The normalized spacial score (nSPS) is 19.8. The lowest BCUT2D eigenvalue weighted by atomic mass is 9.72. The van der Waals surface area contributed by atoms with Crippen molar-refractivity contribution in [2.75, 3.05) is 5.32 Å². The molecule has 4 rings (SSSR count). The number of carbonyl (C=O) groups excluding carboxylic acids is 3. The second kappa shape index (κ2) is 17.4. The van der Waals surface area contributed by atoms with Crippen LogP contribution in [0.5, 0.6) is 0 Å². The number of hydrogen-bond donors (Lipinski definition) is 2. The van der Waals surface area contributed by atoms with Gasteiger partial charge in [-0.2, -0.15) is 11.6 Å². The van der Waals surface area contributed by atoms with Gasteiger partial charge in [-0.3, -0.25) is 10.6 Å². The van der Waals surface area contributed by atoms with E-state index in [2.05, 4.69) is 67.0 Å². The Hall–Kier alpha value is -4.13. The van der Waals surface area contributed by atoms with Crippen molar-refractivity contribution >= 4 is 34.8 Å². The molecule has 4 atom stereocenters. The Bertz CT molecular complexity index is 1620. The van der Waals surface area contributed by atoms with Crippen LogP contribution in [0.1, 0.15) is 125 Å². The van der Waals surface area contributed by atoms with Gasteiger partial charge in [-0.15, -0.1) is 23.3 Å². The van der Waals surface area contributed by atoms with E-state index in [9.17, 15) is 14.4 Å². The maximum absolute atomic E-state index is 13.0. The lowest BCUT2D eigenvalue weighted by Gasteiger charge is -2.37. The first-order chi connectivity index (χ1) is 24.0. The minimum atomic E-state index is -0.624. The number of carbonyl (C=O) groups is 3. The van der Waals surface area contributed by atoms with E-state index in [4.69, 9.17) is 9.47 Å². The highest BCUT2D eigenvalue weighted by molar-refractivity contribution is 5.94. The number of anilines is 1. The summed E-state index contributed by atoms with van der Waals surface area (Å²) in [6.07, 6.45) is 26.0. The first-order valence-corrected chi connectivity index (χ1v) is 18.7. The number of nitrogens with one attached hydrogen (secondary N) is 2. The molecule has 4 unspecified atom stereocenters. The molecule has 0 spiro atoms. The number of Topliss-reactive ketones (excluding diaryl/α,β-unsaturated/α-hetero) is 1. The average molecular weight is 696 g/mol. The van der Waals surface area contributed by atoms with Crippen LogP contribution in [0.3, 0.4) is 0 Å². The standard InChI is InChI=1S/C44H59N2O5/c1-29(16-12-10-13-17-31(3)47)24-30(2)38-28-39(32-18-14-11-15-19-32)40-27-36(46-42(49)51-44(7,8)9)22-23-37(40)33-20-21-35(26-34(38)25-33)45-41(48)50-43(4,5)6/h14,18-23,25-27,29-30,34,38H,10-13,15-17,24H2,1-9H3,(H,45,48)(H,46,49)/q-1. The highest BCUT2D eigenvalue weighted by atomic mass is 16.6. The van der Waals surface area contributed by atoms with Crippen LogP contribution in [0.15, 0.2) is 72.0 Å². The van der Waals surface area contributed by atoms with Crippen LogP contribution in [-0.4, -0.2) is 29.2 Å². The van der Waals surface area contributed by atoms with Gasteiger partial charge in [-0.1, -0.05) is 81.0 Å². The summed E-state index contributed by atoms with van der Waals surface area (Å²) in [5.41, 5.74) is 5.25. The van der Waals surface area contributed by atoms with Crippen LogP contribution in [0.25, 0.3) is 11.1 Å². The molecule has 2 amide bonds. The number of alkyl carbamates (subject to hydrolysis) is 1. The fraction of sp³-hybridized carbons (Fsp3) is 0.523. The summed E-state index contributed by atoms with van der Waals surface area (Å²) in [4.78, 5) is 37.2. The first kappa shape index (κ1) is 39.7. The van der Waals surface area contributed by atoms with Crippen LogP contribution in [-0.2, 0) is 14.3 Å². The number of amides is 2. The van der Waals surface area contributed by atoms with E-state index in [0.717, 1.165) is 72.8 Å². The van der Waals surface area contributed by atoms with Gasteiger partial charge in [0.25, 0.3) is 0 Å². The summed E-state index contributed by atoms with van der Waals surface area (Å²) in [6.45, 7) is 17.4. The van der Waals surface area contributed by atoms with Gasteiger partial charge >= 0.3 is 12.2 Å². The van der Waals surface area contributed by atoms with E-state index in [-0.39, 0.29) is 23.5 Å². The van der Waals surface area contributed by atoms with Gasteiger partial charge in [0.1, 0.15) is 17.0 Å². The Labute approximate surface area is 306 Å². The van der Waals surface area contributed by atoms with Gasteiger partial charge in [-0.05, 0) is 110 Å². The predicted octanol–water partition coefficient (Wildman–Crippen LogP) is 11.3. The number of hydrogen-bond acceptors (Lipinski definition) is 5. The van der Waals surface area contributed by atoms with Crippen molar-refractivity contribution in [3.05, 3.63) is 89.2 Å². The molecular formula is C44H59N2O5-. The number of allylic oxidation sites excluding steroid dienone is 11. The quantitative estimate of drug-likeness (QED) is 0.168. The van der Waals surface area contributed by atoms with Crippen LogP contribution in [0.4, 0.5) is 15.3 Å². The van der Waals surface area contributed by atoms with Crippen molar-refractivity contribution in [3.63, 3.8) is 0 Å². The fourth-order valence-corrected chi connectivity index (χ4v) is 6.99. The minimum Gasteiger partial charge on any atom is -0.444 e. The van der Waals surface area contributed by atoms with Crippen LogP contribution in [0.2, 0.25) is 0 Å². The summed E-state index contributed by atoms with van der Waals surface area (Å²) in [5.74, 6) is 0.931. The molecule has 0 heterocycles. The van der Waals surface area contributed by atoms with E-state index in [1.165, 1.54) is 0 Å². The van der Waals surface area contributed by atoms with Crippen molar-refractivity contribution in [2.45, 2.75) is 125 Å². The summed E-state index contributed by atoms with van der Waals surface area (Å²) in [6, 6.07) is 5.99. The third kappa shape index (κ3) is 12.6. The number of unbranched alkanes of at least 4 members (excludes halogenated alkanes) is 2. The Balaban J connectivity index is 1.77. The number of ether oxygens (including phenoxy) is 2. The van der Waals surface area contributed by atoms with E-state index >= 15 is 0 Å². The molecular weight excluding hydrogens is 636 g/mol. The van der Waals surface area contributed by atoms with Gasteiger partial charge in [0.05, 0.1) is 0 Å². The third-order valence-corrected chi connectivity index (χ3v) is 9.20. The average Bonchev–Trinajstić information content (AvgIpc) is 3.22. The molecule has 0 saturated carbocycles. The van der Waals surface area contributed by atoms with Crippen molar-refractivity contribution in [3.8, 4) is 0 Å². The van der Waals surface area contributed by atoms with E-state index in [0.29, 0.717) is 23.7 Å². The van der Waals surface area contributed by atoms with E-state index in [1.54, 1.807) is 6.92 Å². The highest BCUT2D eigenvalue weighted by Gasteiger charge is 2.27. The summed E-state index contributed by atoms with van der Waals surface area (Å²) >= 11 is 0. The minimum absolute atomic E-state index is 0.0163. The lowest BCUT2D eigenvalue weighted by Crippen LogP contribution is -2.32. The Morgan fingerprint density at radius 1 is 0.843 bits per heavy atom. The molecule has 0 aliphatic heterocycles. The molecule has 0 radical (unpaired) electrons. The molecule has 7 heteroatoms. The van der Waals surface area contributed by atoms with Crippen molar-refractivity contribution in [1.29, 1.82) is 0 Å². The van der Waals surface area contributed by atoms with Crippen molar-refractivity contribution in [2.24, 2.45) is 23.7 Å². The molecule has 276 valence electrons. The van der Waals surface area contributed by atoms with Gasteiger partial charge in [0, 0.05) is 17.8 Å². The molecule has 51 heavy (non-hydrogen) atoms. The van der Waals surface area contributed by atoms with E-state index < -0.39 is 23.4 Å². The summed E-state index contributed by atoms with van der Waals surface area (Å²) < 4.78 is 11.2. The largest absolute Gasteiger partial charge is 0.444 e. The van der Waals surface area contributed by atoms with Gasteiger partial charge < -0.3 is 14.3 Å². The zero-order valence-electron chi connectivity index (χ0n) is 32.3. The fourth-order valence-electron chi connectivity index (χ4n) is 6.99. The Morgan fingerprint density at radius 2 is 1.55 bits per heavy atom.